The van der Waals surface area contributed by atoms with E-state index in [9.17, 15) is 0 Å². The van der Waals surface area contributed by atoms with Crippen LogP contribution in [0, 0.1) is 0 Å². The first kappa shape index (κ1) is 25.5. The Morgan fingerprint density at radius 1 is 0.921 bits per heavy atom. The standard InChI is InChI=1S/C31H34N6O/c1-23(2)24-4-6-26(7-5-24)31(38-32-3)35-16-17-36-18-20-37(21-19-36)30-12-15-34-29-22-27(8-9-28(29)30)25-10-13-33-14-11-25/h4-15,22-23H,3,16-21H2,1-2H3. The predicted molar refractivity (Wildman–Crippen MR) is 156 cm³/mol. The monoisotopic (exact) mass is 506 g/mol. The number of benzene rings is 2. The van der Waals surface area contributed by atoms with Crippen LogP contribution >= 0.6 is 0 Å². The van der Waals surface area contributed by atoms with Crippen LogP contribution in [0.3, 0.4) is 0 Å². The molecule has 1 saturated heterocycles. The lowest BCUT2D eigenvalue weighted by molar-refractivity contribution is 0.263. The Hall–Kier alpha value is -4.10. The lowest BCUT2D eigenvalue weighted by Crippen LogP contribution is -2.47. The second-order valence-corrected chi connectivity index (χ2v) is 9.81. The average molecular weight is 507 g/mol. The third kappa shape index (κ3) is 5.89. The number of nitrogens with zero attached hydrogens (tertiary/aromatic N) is 6. The van der Waals surface area contributed by atoms with Crippen LogP contribution in [-0.4, -0.2) is 66.8 Å². The minimum atomic E-state index is 0.483. The van der Waals surface area contributed by atoms with Gasteiger partial charge in [-0.15, -0.1) is 0 Å². The highest BCUT2D eigenvalue weighted by molar-refractivity contribution is 5.95. The van der Waals surface area contributed by atoms with E-state index in [4.69, 9.17) is 9.83 Å². The molecule has 7 nitrogen and oxygen atoms in total. The van der Waals surface area contributed by atoms with E-state index in [1.807, 2.05) is 42.9 Å². The van der Waals surface area contributed by atoms with E-state index in [0.717, 1.165) is 54.9 Å². The molecular formula is C31H34N6O. The summed E-state index contributed by atoms with van der Waals surface area (Å²) in [4.78, 5) is 23.8. The summed E-state index contributed by atoms with van der Waals surface area (Å²) in [7, 11) is 0. The summed E-state index contributed by atoms with van der Waals surface area (Å²) >= 11 is 0. The van der Waals surface area contributed by atoms with Crippen LogP contribution in [0.1, 0.15) is 30.9 Å². The maximum Gasteiger partial charge on any atom is 0.251 e. The van der Waals surface area contributed by atoms with Gasteiger partial charge in [0.05, 0.1) is 12.1 Å². The van der Waals surface area contributed by atoms with Gasteiger partial charge in [-0.1, -0.05) is 43.3 Å². The van der Waals surface area contributed by atoms with Gasteiger partial charge in [-0.3, -0.25) is 14.9 Å². The second-order valence-electron chi connectivity index (χ2n) is 9.81. The van der Waals surface area contributed by atoms with Crippen LogP contribution in [0.25, 0.3) is 22.0 Å². The van der Waals surface area contributed by atoms with Crippen molar-refractivity contribution in [1.29, 1.82) is 0 Å². The van der Waals surface area contributed by atoms with E-state index in [0.29, 0.717) is 18.4 Å². The van der Waals surface area contributed by atoms with Crippen molar-refractivity contribution < 1.29 is 4.84 Å². The number of aliphatic imine (C=N–C) groups is 1. The molecule has 0 atom stereocenters. The van der Waals surface area contributed by atoms with E-state index in [1.54, 1.807) is 0 Å². The van der Waals surface area contributed by atoms with Gasteiger partial charge in [0, 0.05) is 74.7 Å². The summed E-state index contributed by atoms with van der Waals surface area (Å²) in [5.41, 5.74) is 6.76. The van der Waals surface area contributed by atoms with Gasteiger partial charge in [-0.2, -0.15) is 0 Å². The van der Waals surface area contributed by atoms with Gasteiger partial charge in [-0.25, -0.2) is 4.99 Å². The Morgan fingerprint density at radius 2 is 1.68 bits per heavy atom. The molecule has 0 amide bonds. The fraction of sp³-hybridized carbons (Fsp3) is 0.290. The van der Waals surface area contributed by atoms with Gasteiger partial charge in [-0.05, 0) is 59.0 Å². The zero-order chi connectivity index (χ0) is 26.3. The third-order valence-corrected chi connectivity index (χ3v) is 7.09. The Labute approximate surface area is 224 Å². The number of fused-ring (bicyclic) bond motifs is 1. The minimum Gasteiger partial charge on any atom is -0.368 e. The van der Waals surface area contributed by atoms with Crippen molar-refractivity contribution in [2.75, 3.05) is 44.2 Å². The molecule has 194 valence electrons. The number of pyridine rings is 2. The van der Waals surface area contributed by atoms with Gasteiger partial charge in [0.2, 0.25) is 0 Å². The summed E-state index contributed by atoms with van der Waals surface area (Å²) < 4.78 is 0. The molecule has 0 radical (unpaired) electrons. The van der Waals surface area contributed by atoms with Crippen molar-refractivity contribution >= 4 is 29.2 Å². The van der Waals surface area contributed by atoms with Crippen molar-refractivity contribution in [2.45, 2.75) is 19.8 Å². The molecule has 0 spiro atoms. The summed E-state index contributed by atoms with van der Waals surface area (Å²) in [6, 6.07) is 21.0. The van der Waals surface area contributed by atoms with Gasteiger partial charge >= 0.3 is 0 Å². The lowest BCUT2D eigenvalue weighted by atomic mass is 10.0. The molecule has 0 N–H and O–H groups in total. The number of oxime groups is 1. The summed E-state index contributed by atoms with van der Waals surface area (Å²) in [6.45, 7) is 13.2. The molecule has 38 heavy (non-hydrogen) atoms. The number of hydrogen-bond donors (Lipinski definition) is 0. The molecule has 5 rings (SSSR count). The highest BCUT2D eigenvalue weighted by Gasteiger charge is 2.19. The molecule has 1 aliphatic heterocycles. The van der Waals surface area contributed by atoms with E-state index in [1.165, 1.54) is 16.6 Å². The molecular weight excluding hydrogens is 472 g/mol. The zero-order valence-corrected chi connectivity index (χ0v) is 22.1. The number of anilines is 1. The summed E-state index contributed by atoms with van der Waals surface area (Å²) in [5, 5.41) is 4.80. The average Bonchev–Trinajstić information content (AvgIpc) is 2.97. The highest BCUT2D eigenvalue weighted by Crippen LogP contribution is 2.30. The number of rotatable bonds is 8. The smallest absolute Gasteiger partial charge is 0.251 e. The zero-order valence-electron chi connectivity index (χ0n) is 22.1. The molecule has 1 fully saturated rings. The molecule has 0 saturated carbocycles. The van der Waals surface area contributed by atoms with Crippen LogP contribution in [-0.2, 0) is 4.84 Å². The highest BCUT2D eigenvalue weighted by atomic mass is 16.6. The topological polar surface area (TPSA) is 66.2 Å². The van der Waals surface area contributed by atoms with Gasteiger partial charge < -0.3 is 9.74 Å². The molecule has 3 heterocycles. The predicted octanol–water partition coefficient (Wildman–Crippen LogP) is 5.62. The van der Waals surface area contributed by atoms with E-state index in [-0.39, 0.29) is 0 Å². The summed E-state index contributed by atoms with van der Waals surface area (Å²) in [5.74, 6) is 1.000. The second kappa shape index (κ2) is 12.0. The fourth-order valence-electron chi connectivity index (χ4n) is 4.88. The SMILES string of the molecule is C=NOC(=NCCN1CCN(c2ccnc3cc(-c4ccncc4)ccc23)CC1)c1ccc(C(C)C)cc1. The fourth-order valence-corrected chi connectivity index (χ4v) is 4.88. The van der Waals surface area contributed by atoms with Crippen molar-refractivity contribution in [2.24, 2.45) is 10.1 Å². The van der Waals surface area contributed by atoms with Crippen molar-refractivity contribution in [3.63, 3.8) is 0 Å². The first-order valence-corrected chi connectivity index (χ1v) is 13.2. The number of hydrogen-bond acceptors (Lipinski definition) is 7. The summed E-state index contributed by atoms with van der Waals surface area (Å²) in [6.07, 6.45) is 5.56. The van der Waals surface area contributed by atoms with Gasteiger partial charge in [0.1, 0.15) is 0 Å². The normalized spacial score (nSPS) is 14.7. The maximum absolute atomic E-state index is 5.40. The van der Waals surface area contributed by atoms with Crippen molar-refractivity contribution in [3.8, 4) is 11.1 Å². The van der Waals surface area contributed by atoms with Crippen molar-refractivity contribution in [3.05, 3.63) is 90.4 Å². The van der Waals surface area contributed by atoms with Gasteiger partial charge in [0.25, 0.3) is 5.90 Å². The van der Waals surface area contributed by atoms with Crippen LogP contribution in [0.15, 0.2) is 89.4 Å². The minimum absolute atomic E-state index is 0.483. The molecule has 1 aliphatic rings. The maximum atomic E-state index is 5.40. The Kier molecular flexibility index (Phi) is 8.04. The Bertz CT molecular complexity index is 1390. The van der Waals surface area contributed by atoms with E-state index < -0.39 is 0 Å². The van der Waals surface area contributed by atoms with Crippen LogP contribution < -0.4 is 4.90 Å². The quantitative estimate of drug-likeness (QED) is 0.176. The van der Waals surface area contributed by atoms with E-state index >= 15 is 0 Å². The molecule has 7 heteroatoms. The molecule has 4 aromatic rings. The molecule has 2 aromatic carbocycles. The molecule has 0 unspecified atom stereocenters. The largest absolute Gasteiger partial charge is 0.368 e. The molecule has 2 aromatic heterocycles. The van der Waals surface area contributed by atoms with Gasteiger partial charge in [0.15, 0.2) is 0 Å². The third-order valence-electron chi connectivity index (χ3n) is 7.09. The number of piperazine rings is 1. The Balaban J connectivity index is 1.20. The Morgan fingerprint density at radius 3 is 2.39 bits per heavy atom. The van der Waals surface area contributed by atoms with Crippen LogP contribution in [0.5, 0.6) is 0 Å². The van der Waals surface area contributed by atoms with E-state index in [2.05, 4.69) is 81.9 Å². The first-order chi connectivity index (χ1) is 18.6. The first-order valence-electron chi connectivity index (χ1n) is 13.2. The van der Waals surface area contributed by atoms with Crippen LogP contribution in [0.2, 0.25) is 0 Å². The van der Waals surface area contributed by atoms with Crippen LogP contribution in [0.4, 0.5) is 5.69 Å². The molecule has 0 bridgehead atoms. The lowest BCUT2D eigenvalue weighted by Gasteiger charge is -2.36. The van der Waals surface area contributed by atoms with Crippen molar-refractivity contribution in [1.82, 2.24) is 14.9 Å². The molecule has 0 aliphatic carbocycles. The number of aromatic nitrogens is 2.